The van der Waals surface area contributed by atoms with Crippen LogP contribution in [0, 0.1) is 5.92 Å². The zero-order chi connectivity index (χ0) is 16.2. The number of hydrogen-bond donors (Lipinski definition) is 2. The molecule has 5 nitrogen and oxygen atoms in total. The highest BCUT2D eigenvalue weighted by atomic mass is 32.2. The molecule has 1 aromatic heterocycles. The van der Waals surface area contributed by atoms with E-state index in [0.29, 0.717) is 18.8 Å². The predicted molar refractivity (Wildman–Crippen MR) is 93.1 cm³/mol. The number of nitrogens with zero attached hydrogens (tertiary/aromatic N) is 1. The van der Waals surface area contributed by atoms with E-state index in [0.717, 1.165) is 12.4 Å². The molecule has 1 fully saturated rings. The maximum atomic E-state index is 11.5. The first kappa shape index (κ1) is 17.3. The van der Waals surface area contributed by atoms with Crippen LogP contribution < -0.4 is 10.6 Å². The van der Waals surface area contributed by atoms with E-state index in [1.54, 1.807) is 11.3 Å². The van der Waals surface area contributed by atoms with Gasteiger partial charge in [0.15, 0.2) is 15.8 Å². The molecule has 2 N–H and O–H groups in total. The van der Waals surface area contributed by atoms with Crippen molar-refractivity contribution in [3.63, 3.8) is 0 Å². The summed E-state index contributed by atoms with van der Waals surface area (Å²) in [4.78, 5) is 5.81. The molecule has 1 aliphatic heterocycles. The Hall–Kier alpha value is -1.08. The Kier molecular flexibility index (Phi) is 5.50. The summed E-state index contributed by atoms with van der Waals surface area (Å²) in [6.45, 7) is 7.51. The van der Waals surface area contributed by atoms with Gasteiger partial charge in [0.2, 0.25) is 0 Å². The third-order valence-corrected chi connectivity index (χ3v) is 6.05. The van der Waals surface area contributed by atoms with Crippen LogP contribution in [0.3, 0.4) is 0 Å². The second-order valence-corrected chi connectivity index (χ2v) is 10.0. The van der Waals surface area contributed by atoms with Gasteiger partial charge >= 0.3 is 0 Å². The van der Waals surface area contributed by atoms with Gasteiger partial charge in [0, 0.05) is 17.0 Å². The molecule has 124 valence electrons. The van der Waals surface area contributed by atoms with Gasteiger partial charge in [-0.1, -0.05) is 6.07 Å². The lowest BCUT2D eigenvalue weighted by molar-refractivity contribution is 0.491. The lowest BCUT2D eigenvalue weighted by Gasteiger charge is -2.24. The summed E-state index contributed by atoms with van der Waals surface area (Å²) < 4.78 is 23.0. The van der Waals surface area contributed by atoms with E-state index in [2.05, 4.69) is 42.5 Å². The number of thiophene rings is 1. The van der Waals surface area contributed by atoms with Crippen LogP contribution in [0.15, 0.2) is 22.5 Å². The Morgan fingerprint density at radius 3 is 2.77 bits per heavy atom. The Morgan fingerprint density at radius 1 is 1.45 bits per heavy atom. The Morgan fingerprint density at radius 2 is 2.23 bits per heavy atom. The van der Waals surface area contributed by atoms with Crippen LogP contribution in [0.2, 0.25) is 0 Å². The minimum Gasteiger partial charge on any atom is -0.356 e. The molecular formula is C15H25N3O2S2. The number of guanidine groups is 1. The van der Waals surface area contributed by atoms with Gasteiger partial charge in [-0.3, -0.25) is 0 Å². The largest absolute Gasteiger partial charge is 0.356 e. The van der Waals surface area contributed by atoms with Gasteiger partial charge < -0.3 is 10.6 Å². The Labute approximate surface area is 137 Å². The molecule has 0 aliphatic carbocycles. The molecule has 0 radical (unpaired) electrons. The van der Waals surface area contributed by atoms with E-state index in [9.17, 15) is 8.42 Å². The molecule has 1 atom stereocenters. The minimum atomic E-state index is -2.82. The lowest BCUT2D eigenvalue weighted by Crippen LogP contribution is -2.48. The molecule has 7 heteroatoms. The van der Waals surface area contributed by atoms with Crippen molar-refractivity contribution in [2.75, 3.05) is 18.1 Å². The van der Waals surface area contributed by atoms with Gasteiger partial charge in [0.25, 0.3) is 0 Å². The Bertz CT molecular complexity index is 601. The first-order chi connectivity index (χ1) is 10.2. The zero-order valence-electron chi connectivity index (χ0n) is 13.4. The number of aliphatic imine (C=N–C) groups is 1. The summed E-state index contributed by atoms with van der Waals surface area (Å²) in [5.74, 6) is 1.52. The van der Waals surface area contributed by atoms with Gasteiger partial charge in [0.1, 0.15) is 0 Å². The van der Waals surface area contributed by atoms with E-state index < -0.39 is 9.84 Å². The van der Waals surface area contributed by atoms with Crippen LogP contribution >= 0.6 is 11.3 Å². The fourth-order valence-electron chi connectivity index (χ4n) is 2.33. The monoisotopic (exact) mass is 343 g/mol. The van der Waals surface area contributed by atoms with Crippen molar-refractivity contribution in [1.29, 1.82) is 0 Å². The molecule has 1 unspecified atom stereocenters. The fourth-order valence-corrected chi connectivity index (χ4v) is 4.82. The molecule has 0 saturated carbocycles. The molecule has 1 saturated heterocycles. The molecule has 22 heavy (non-hydrogen) atoms. The first-order valence-corrected chi connectivity index (χ1v) is 10.2. The summed E-state index contributed by atoms with van der Waals surface area (Å²) in [6.07, 6.45) is 0.739. The topological polar surface area (TPSA) is 70.6 Å². The molecule has 1 aliphatic rings. The van der Waals surface area contributed by atoms with Crippen LogP contribution in [-0.2, 0) is 16.4 Å². The van der Waals surface area contributed by atoms with Gasteiger partial charge in [-0.2, -0.15) is 0 Å². The first-order valence-electron chi connectivity index (χ1n) is 7.53. The van der Waals surface area contributed by atoms with Crippen LogP contribution in [0.1, 0.15) is 32.1 Å². The molecule has 0 spiro atoms. The van der Waals surface area contributed by atoms with E-state index in [1.807, 2.05) is 11.4 Å². The molecule has 1 aromatic rings. The quantitative estimate of drug-likeness (QED) is 0.648. The van der Waals surface area contributed by atoms with E-state index in [-0.39, 0.29) is 17.2 Å². The van der Waals surface area contributed by atoms with Crippen molar-refractivity contribution in [2.24, 2.45) is 10.9 Å². The number of sulfone groups is 1. The van der Waals surface area contributed by atoms with Gasteiger partial charge in [-0.25, -0.2) is 13.4 Å². The summed E-state index contributed by atoms with van der Waals surface area (Å²) >= 11 is 1.68. The fraction of sp³-hybridized carbons (Fsp3) is 0.667. The van der Waals surface area contributed by atoms with Crippen molar-refractivity contribution in [3.8, 4) is 0 Å². The second kappa shape index (κ2) is 7.00. The van der Waals surface area contributed by atoms with Crippen LogP contribution in [-0.4, -0.2) is 38.0 Å². The summed E-state index contributed by atoms with van der Waals surface area (Å²) in [6, 6.07) is 4.08. The van der Waals surface area contributed by atoms with Crippen molar-refractivity contribution < 1.29 is 8.42 Å². The number of hydrogen-bond acceptors (Lipinski definition) is 4. The minimum absolute atomic E-state index is 0.0942. The zero-order valence-corrected chi connectivity index (χ0v) is 15.1. The van der Waals surface area contributed by atoms with E-state index >= 15 is 0 Å². The van der Waals surface area contributed by atoms with Crippen molar-refractivity contribution in [3.05, 3.63) is 22.4 Å². The maximum absolute atomic E-state index is 11.5. The average Bonchev–Trinajstić information content (AvgIpc) is 3.00. The lowest BCUT2D eigenvalue weighted by atomic mass is 10.1. The molecule has 2 rings (SSSR count). The van der Waals surface area contributed by atoms with Gasteiger partial charge in [0.05, 0.1) is 18.1 Å². The SMILES string of the molecule is CC(C)(C)NC(=NCc1cccs1)NCC1CCS(=O)(=O)C1. The van der Waals surface area contributed by atoms with Gasteiger partial charge in [-0.05, 0) is 44.6 Å². The highest BCUT2D eigenvalue weighted by molar-refractivity contribution is 7.91. The average molecular weight is 344 g/mol. The molecule has 0 bridgehead atoms. The third kappa shape index (κ3) is 5.96. The number of rotatable bonds is 4. The summed E-state index contributed by atoms with van der Waals surface area (Å²) in [5.41, 5.74) is -0.0942. The van der Waals surface area contributed by atoms with Crippen LogP contribution in [0.4, 0.5) is 0 Å². The van der Waals surface area contributed by atoms with Crippen LogP contribution in [0.25, 0.3) is 0 Å². The summed E-state index contributed by atoms with van der Waals surface area (Å²) in [7, 11) is -2.82. The predicted octanol–water partition coefficient (Wildman–Crippen LogP) is 2.02. The number of nitrogens with one attached hydrogen (secondary N) is 2. The molecule has 0 amide bonds. The van der Waals surface area contributed by atoms with Crippen molar-refractivity contribution >= 4 is 27.1 Å². The Balaban J connectivity index is 1.94. The summed E-state index contributed by atoms with van der Waals surface area (Å²) in [5, 5.41) is 8.70. The van der Waals surface area contributed by atoms with Gasteiger partial charge in [-0.15, -0.1) is 11.3 Å². The van der Waals surface area contributed by atoms with Crippen LogP contribution in [0.5, 0.6) is 0 Å². The smallest absolute Gasteiger partial charge is 0.192 e. The van der Waals surface area contributed by atoms with E-state index in [1.165, 1.54) is 4.88 Å². The normalized spacial score (nSPS) is 21.8. The maximum Gasteiger partial charge on any atom is 0.192 e. The van der Waals surface area contributed by atoms with Crippen molar-refractivity contribution in [1.82, 2.24) is 10.6 Å². The second-order valence-electron chi connectivity index (χ2n) is 6.77. The van der Waals surface area contributed by atoms with E-state index in [4.69, 9.17) is 0 Å². The standard InChI is InChI=1S/C15H25N3O2S2/c1-15(2,3)18-14(17-10-13-5-4-7-21-13)16-9-12-6-8-22(19,20)11-12/h4-5,7,12H,6,8-11H2,1-3H3,(H2,16,17,18). The molecular weight excluding hydrogens is 318 g/mol. The highest BCUT2D eigenvalue weighted by Crippen LogP contribution is 2.17. The molecule has 0 aromatic carbocycles. The van der Waals surface area contributed by atoms with Crippen molar-refractivity contribution in [2.45, 2.75) is 39.3 Å². The molecule has 2 heterocycles. The highest BCUT2D eigenvalue weighted by Gasteiger charge is 2.28. The third-order valence-electron chi connectivity index (χ3n) is 3.35.